The highest BCUT2D eigenvalue weighted by molar-refractivity contribution is 5.91. The number of nitrogens with one attached hydrogen (secondary N) is 2. The van der Waals surface area contributed by atoms with Gasteiger partial charge in [0.2, 0.25) is 0 Å². The van der Waals surface area contributed by atoms with E-state index in [1.54, 1.807) is 29.2 Å². The molecule has 11 nitrogen and oxygen atoms in total. The average molecular weight is 454 g/mol. The Morgan fingerprint density at radius 2 is 1.97 bits per heavy atom. The molecule has 1 aromatic carbocycles. The van der Waals surface area contributed by atoms with E-state index in [2.05, 4.69) is 20.6 Å². The van der Waals surface area contributed by atoms with E-state index in [-0.39, 0.29) is 18.1 Å². The van der Waals surface area contributed by atoms with E-state index in [0.29, 0.717) is 43.4 Å². The third kappa shape index (κ3) is 5.28. The van der Waals surface area contributed by atoms with Crippen LogP contribution in [0.15, 0.2) is 42.7 Å². The quantitative estimate of drug-likeness (QED) is 0.532. The van der Waals surface area contributed by atoms with Crippen LogP contribution >= 0.6 is 0 Å². The number of carbonyl (C=O) groups excluding carboxylic acids is 1. The summed E-state index contributed by atoms with van der Waals surface area (Å²) in [6.07, 6.45) is 3.29. The van der Waals surface area contributed by atoms with Crippen molar-refractivity contribution in [2.75, 3.05) is 45.8 Å². The molecule has 2 aromatic heterocycles. The first-order chi connectivity index (χ1) is 16.1. The van der Waals surface area contributed by atoms with E-state index < -0.39 is 0 Å². The average Bonchev–Trinajstić information content (AvgIpc) is 3.42. The fourth-order valence-corrected chi connectivity index (χ4v) is 3.53. The van der Waals surface area contributed by atoms with Crippen molar-refractivity contribution in [2.24, 2.45) is 0 Å². The Balaban J connectivity index is 1.56. The van der Waals surface area contributed by atoms with Gasteiger partial charge in [-0.15, -0.1) is 0 Å². The summed E-state index contributed by atoms with van der Waals surface area (Å²) in [6.45, 7) is 4.09. The third-order valence-corrected chi connectivity index (χ3v) is 5.20. The fourth-order valence-electron chi connectivity index (χ4n) is 3.53. The summed E-state index contributed by atoms with van der Waals surface area (Å²) in [7, 11) is 3.15. The lowest BCUT2D eigenvalue weighted by Crippen LogP contribution is -2.41. The number of aromatic nitrogens is 4. The molecule has 1 fully saturated rings. The number of benzene rings is 1. The third-order valence-electron chi connectivity index (χ3n) is 5.20. The van der Waals surface area contributed by atoms with Crippen LogP contribution in [0.2, 0.25) is 0 Å². The number of amides is 2. The topological polar surface area (TPSA) is 116 Å². The van der Waals surface area contributed by atoms with E-state index >= 15 is 0 Å². The zero-order valence-corrected chi connectivity index (χ0v) is 18.8. The van der Waals surface area contributed by atoms with Gasteiger partial charge in [0, 0.05) is 43.7 Å². The summed E-state index contributed by atoms with van der Waals surface area (Å²) in [5, 5.41) is 12.5. The Labute approximate surface area is 191 Å². The summed E-state index contributed by atoms with van der Waals surface area (Å²) >= 11 is 0. The Hall–Kier alpha value is -3.54. The number of para-hydroxylation sites is 1. The number of hydrogen-bond acceptors (Lipinski definition) is 8. The smallest absolute Gasteiger partial charge is 0.320 e. The molecular weight excluding hydrogens is 426 g/mol. The van der Waals surface area contributed by atoms with Gasteiger partial charge in [0.1, 0.15) is 11.5 Å². The number of hydrogen-bond donors (Lipinski definition) is 2. The van der Waals surface area contributed by atoms with E-state index in [1.165, 1.54) is 7.11 Å². The summed E-state index contributed by atoms with van der Waals surface area (Å²) < 4.78 is 11.8. The first kappa shape index (κ1) is 22.6. The summed E-state index contributed by atoms with van der Waals surface area (Å²) in [5.74, 6) is 0.555. The highest BCUT2D eigenvalue weighted by Gasteiger charge is 2.26. The van der Waals surface area contributed by atoms with Crippen LogP contribution in [0.4, 0.5) is 10.6 Å². The van der Waals surface area contributed by atoms with Gasteiger partial charge in [0.05, 0.1) is 32.1 Å². The van der Waals surface area contributed by atoms with Crippen molar-refractivity contribution in [3.05, 3.63) is 48.3 Å². The van der Waals surface area contributed by atoms with Gasteiger partial charge >= 0.3 is 12.0 Å². The molecule has 0 saturated carbocycles. The molecule has 1 aliphatic rings. The molecule has 11 heteroatoms. The van der Waals surface area contributed by atoms with E-state index in [1.807, 2.05) is 37.3 Å². The highest BCUT2D eigenvalue weighted by atomic mass is 16.7. The number of carbonyl (C=O) groups is 1. The normalized spacial score (nSPS) is 16.0. The van der Waals surface area contributed by atoms with Gasteiger partial charge < -0.3 is 14.8 Å². The molecule has 4 rings (SSSR count). The molecule has 0 bridgehead atoms. The second-order valence-corrected chi connectivity index (χ2v) is 7.50. The molecule has 0 spiro atoms. The van der Waals surface area contributed by atoms with Gasteiger partial charge in [-0.05, 0) is 19.1 Å². The van der Waals surface area contributed by atoms with Crippen molar-refractivity contribution in [2.45, 2.75) is 13.0 Å². The molecule has 33 heavy (non-hydrogen) atoms. The predicted molar refractivity (Wildman–Crippen MR) is 121 cm³/mol. The zero-order chi connectivity index (χ0) is 23.2. The number of anilines is 1. The summed E-state index contributed by atoms with van der Waals surface area (Å²) in [6, 6.07) is 9.39. The largest absolute Gasteiger partial charge is 0.467 e. The minimum atomic E-state index is -0.338. The number of nitrogens with zero attached hydrogens (tertiary/aromatic N) is 5. The molecule has 2 amide bonds. The second-order valence-electron chi connectivity index (χ2n) is 7.50. The van der Waals surface area contributed by atoms with Crippen molar-refractivity contribution >= 4 is 11.8 Å². The molecular formula is C22H27N7O4. The predicted octanol–water partition coefficient (Wildman–Crippen LogP) is 2.03. The molecule has 0 unspecified atom stereocenters. The maximum Gasteiger partial charge on any atom is 0.320 e. The zero-order valence-electron chi connectivity index (χ0n) is 18.8. The Morgan fingerprint density at radius 1 is 1.21 bits per heavy atom. The van der Waals surface area contributed by atoms with Crippen LogP contribution in [0.3, 0.4) is 0 Å². The Morgan fingerprint density at radius 3 is 2.67 bits per heavy atom. The molecule has 1 aliphatic heterocycles. The molecule has 3 heterocycles. The number of rotatable bonds is 8. The van der Waals surface area contributed by atoms with Gasteiger partial charge in [0.15, 0.2) is 0 Å². The van der Waals surface area contributed by atoms with Crippen LogP contribution < -0.4 is 15.4 Å². The number of hydroxylamine groups is 2. The maximum atomic E-state index is 12.9. The van der Waals surface area contributed by atoms with Crippen molar-refractivity contribution in [3.8, 4) is 23.0 Å². The number of methoxy groups -OCH3 is 2. The van der Waals surface area contributed by atoms with Crippen LogP contribution in [0.25, 0.3) is 16.9 Å². The lowest BCUT2D eigenvalue weighted by molar-refractivity contribution is -0.118. The first-order valence-corrected chi connectivity index (χ1v) is 10.5. The van der Waals surface area contributed by atoms with Crippen molar-refractivity contribution < 1.29 is 19.1 Å². The molecule has 3 aromatic rings. The SMILES string of the molecule is COCCN1C[C@@H](NC(=O)Nc2c(C)c(-c3cnc(OC)nc3)nn2-c2ccccc2)CO1. The Kier molecular flexibility index (Phi) is 7.13. The molecule has 1 saturated heterocycles. The van der Waals surface area contributed by atoms with E-state index in [9.17, 15) is 4.79 Å². The molecule has 2 N–H and O–H groups in total. The second kappa shape index (κ2) is 10.4. The van der Waals surface area contributed by atoms with Gasteiger partial charge in [-0.3, -0.25) is 10.2 Å². The summed E-state index contributed by atoms with van der Waals surface area (Å²) in [4.78, 5) is 26.8. The number of urea groups is 1. The Bertz CT molecular complexity index is 1070. The van der Waals surface area contributed by atoms with Gasteiger partial charge in [-0.2, -0.15) is 10.2 Å². The van der Waals surface area contributed by atoms with Gasteiger partial charge in [-0.25, -0.2) is 19.4 Å². The molecule has 0 aliphatic carbocycles. The standard InChI is InChI=1S/C22H27N7O4/c1-15-19(16-11-23-22(32-3)24-12-16)27-29(18-7-5-4-6-8-18)20(15)26-21(30)25-17-13-28(33-14-17)9-10-31-2/h4-8,11-12,17H,9-10,13-14H2,1-3H3,(H2,25,26,30)/t17-/m1/s1. The number of ether oxygens (including phenoxy) is 2. The van der Waals surface area contributed by atoms with Crippen LogP contribution in [0, 0.1) is 6.92 Å². The summed E-state index contributed by atoms with van der Waals surface area (Å²) in [5.41, 5.74) is 2.97. The fraction of sp³-hybridized carbons (Fsp3) is 0.364. The minimum absolute atomic E-state index is 0.135. The van der Waals surface area contributed by atoms with Gasteiger partial charge in [0.25, 0.3) is 0 Å². The van der Waals surface area contributed by atoms with Crippen LogP contribution in [0.5, 0.6) is 6.01 Å². The van der Waals surface area contributed by atoms with Crippen molar-refractivity contribution in [1.29, 1.82) is 0 Å². The van der Waals surface area contributed by atoms with Crippen molar-refractivity contribution in [1.82, 2.24) is 30.1 Å². The molecule has 174 valence electrons. The van der Waals surface area contributed by atoms with Crippen LogP contribution in [-0.4, -0.2) is 77.4 Å². The van der Waals surface area contributed by atoms with Gasteiger partial charge in [-0.1, -0.05) is 18.2 Å². The lowest BCUT2D eigenvalue weighted by Gasteiger charge is -2.15. The minimum Gasteiger partial charge on any atom is -0.467 e. The first-order valence-electron chi connectivity index (χ1n) is 10.5. The van der Waals surface area contributed by atoms with E-state index in [0.717, 1.165) is 11.3 Å². The van der Waals surface area contributed by atoms with Crippen molar-refractivity contribution in [3.63, 3.8) is 0 Å². The van der Waals surface area contributed by atoms with E-state index in [4.69, 9.17) is 19.4 Å². The molecule has 1 atom stereocenters. The monoisotopic (exact) mass is 453 g/mol. The molecule has 0 radical (unpaired) electrons. The maximum absolute atomic E-state index is 12.9. The van der Waals surface area contributed by atoms with Crippen LogP contribution in [-0.2, 0) is 9.57 Å². The van der Waals surface area contributed by atoms with Crippen LogP contribution in [0.1, 0.15) is 5.56 Å². The highest BCUT2D eigenvalue weighted by Crippen LogP contribution is 2.30. The lowest BCUT2D eigenvalue weighted by atomic mass is 10.1.